The summed E-state index contributed by atoms with van der Waals surface area (Å²) in [4.78, 5) is 11.0. The first-order chi connectivity index (χ1) is 10.1. The smallest absolute Gasteiger partial charge is 0.372 e. The van der Waals surface area contributed by atoms with Gasteiger partial charge in [-0.05, 0) is 25.1 Å². The SMILES string of the molecule is Cc1cc(CNc2c(Cl)ccc3nsnc23)oc1C(=O)O. The Bertz CT molecular complexity index is 827. The molecule has 2 aromatic heterocycles. The predicted octanol–water partition coefficient (Wildman–Crippen LogP) is 3.56. The first kappa shape index (κ1) is 13.8. The molecule has 1 aromatic carbocycles. The van der Waals surface area contributed by atoms with Crippen LogP contribution in [0.5, 0.6) is 0 Å². The molecule has 0 saturated carbocycles. The van der Waals surface area contributed by atoms with Crippen LogP contribution in [-0.4, -0.2) is 19.8 Å². The van der Waals surface area contributed by atoms with Gasteiger partial charge in [-0.2, -0.15) is 8.75 Å². The molecule has 0 aliphatic heterocycles. The van der Waals surface area contributed by atoms with Crippen LogP contribution in [0, 0.1) is 6.92 Å². The first-order valence-electron chi connectivity index (χ1n) is 6.03. The second kappa shape index (κ2) is 5.34. The number of furan rings is 1. The molecule has 0 radical (unpaired) electrons. The van der Waals surface area contributed by atoms with Gasteiger partial charge in [0.2, 0.25) is 5.76 Å². The molecule has 0 saturated heterocycles. The van der Waals surface area contributed by atoms with E-state index in [9.17, 15) is 4.79 Å². The molecule has 0 bridgehead atoms. The number of carboxylic acid groups (broad SMARTS) is 1. The van der Waals surface area contributed by atoms with Crippen LogP contribution in [0.3, 0.4) is 0 Å². The van der Waals surface area contributed by atoms with E-state index in [-0.39, 0.29) is 5.76 Å². The van der Waals surface area contributed by atoms with Crippen molar-refractivity contribution in [3.63, 3.8) is 0 Å². The van der Waals surface area contributed by atoms with Gasteiger partial charge in [0, 0.05) is 5.56 Å². The van der Waals surface area contributed by atoms with Crippen molar-refractivity contribution in [1.29, 1.82) is 0 Å². The van der Waals surface area contributed by atoms with E-state index in [4.69, 9.17) is 21.1 Å². The molecule has 3 aromatic rings. The highest BCUT2D eigenvalue weighted by Gasteiger charge is 2.15. The van der Waals surface area contributed by atoms with E-state index in [0.29, 0.717) is 34.1 Å². The number of rotatable bonds is 4. The van der Waals surface area contributed by atoms with E-state index in [1.807, 2.05) is 0 Å². The van der Waals surface area contributed by atoms with E-state index in [1.165, 1.54) is 0 Å². The van der Waals surface area contributed by atoms with Gasteiger partial charge < -0.3 is 14.8 Å². The molecule has 0 amide bonds. The van der Waals surface area contributed by atoms with Gasteiger partial charge in [0.15, 0.2) is 0 Å². The van der Waals surface area contributed by atoms with Crippen molar-refractivity contribution in [3.05, 3.63) is 40.3 Å². The normalized spacial score (nSPS) is 11.0. The maximum absolute atomic E-state index is 11.0. The topological polar surface area (TPSA) is 88.3 Å². The van der Waals surface area contributed by atoms with Crippen LogP contribution in [0.1, 0.15) is 21.9 Å². The standard InChI is InChI=1S/C13H10ClN3O3S/c1-6-4-7(20-12(6)13(18)19)5-15-10-8(14)2-3-9-11(10)17-21-16-9/h2-4,15H,5H2,1H3,(H,18,19). The molecule has 0 spiro atoms. The average Bonchev–Trinajstić information content (AvgIpc) is 3.04. The fourth-order valence-electron chi connectivity index (χ4n) is 2.02. The number of aromatic nitrogens is 2. The number of halogens is 1. The lowest BCUT2D eigenvalue weighted by Gasteiger charge is -2.06. The Hall–Kier alpha value is -2.12. The number of carboxylic acids is 1. The second-order valence-corrected chi connectivity index (χ2v) is 5.37. The lowest BCUT2D eigenvalue weighted by molar-refractivity contribution is 0.0659. The molecule has 0 atom stereocenters. The van der Waals surface area contributed by atoms with Crippen LogP contribution in [0.15, 0.2) is 22.6 Å². The van der Waals surface area contributed by atoms with Crippen molar-refractivity contribution in [2.75, 3.05) is 5.32 Å². The summed E-state index contributed by atoms with van der Waals surface area (Å²) >= 11 is 7.27. The number of carbonyl (C=O) groups is 1. The Kier molecular flexibility index (Phi) is 3.52. The zero-order chi connectivity index (χ0) is 15.0. The summed E-state index contributed by atoms with van der Waals surface area (Å²) in [5.41, 5.74) is 2.69. The van der Waals surface area contributed by atoms with Crippen LogP contribution >= 0.6 is 23.3 Å². The summed E-state index contributed by atoms with van der Waals surface area (Å²) in [6.45, 7) is 2.00. The third-order valence-electron chi connectivity index (χ3n) is 2.98. The number of benzene rings is 1. The van der Waals surface area contributed by atoms with Crippen molar-refractivity contribution in [3.8, 4) is 0 Å². The summed E-state index contributed by atoms with van der Waals surface area (Å²) in [6, 6.07) is 5.22. The highest BCUT2D eigenvalue weighted by molar-refractivity contribution is 7.00. The van der Waals surface area contributed by atoms with Gasteiger partial charge in [-0.15, -0.1) is 0 Å². The Balaban J connectivity index is 1.86. The minimum Gasteiger partial charge on any atom is -0.475 e. The van der Waals surface area contributed by atoms with Crippen LogP contribution in [0.25, 0.3) is 11.0 Å². The largest absolute Gasteiger partial charge is 0.475 e. The van der Waals surface area contributed by atoms with Gasteiger partial charge in [0.1, 0.15) is 16.8 Å². The molecule has 8 heteroatoms. The van der Waals surface area contributed by atoms with Crippen LogP contribution in [-0.2, 0) is 6.54 Å². The van der Waals surface area contributed by atoms with Crippen molar-refractivity contribution in [2.24, 2.45) is 0 Å². The molecule has 0 aliphatic rings. The van der Waals surface area contributed by atoms with Gasteiger partial charge in [-0.3, -0.25) is 0 Å². The van der Waals surface area contributed by atoms with Gasteiger partial charge in [-0.25, -0.2) is 4.79 Å². The van der Waals surface area contributed by atoms with Crippen molar-refractivity contribution >= 4 is 46.0 Å². The zero-order valence-corrected chi connectivity index (χ0v) is 12.5. The van der Waals surface area contributed by atoms with Crippen LogP contribution in [0.4, 0.5) is 5.69 Å². The first-order valence-corrected chi connectivity index (χ1v) is 7.14. The lowest BCUT2D eigenvalue weighted by atomic mass is 10.2. The van der Waals surface area contributed by atoms with Crippen LogP contribution < -0.4 is 5.32 Å². The molecule has 21 heavy (non-hydrogen) atoms. The number of hydrogen-bond donors (Lipinski definition) is 2. The fourth-order valence-corrected chi connectivity index (χ4v) is 2.78. The fraction of sp³-hybridized carbons (Fsp3) is 0.154. The molecule has 2 heterocycles. The van der Waals surface area contributed by atoms with E-state index in [2.05, 4.69) is 14.1 Å². The number of nitrogens with one attached hydrogen (secondary N) is 1. The average molecular weight is 324 g/mol. The number of aromatic carboxylic acids is 1. The molecule has 0 fully saturated rings. The lowest BCUT2D eigenvalue weighted by Crippen LogP contribution is -2.00. The molecule has 0 unspecified atom stereocenters. The molecule has 2 N–H and O–H groups in total. The number of aryl methyl sites for hydroxylation is 1. The third kappa shape index (κ3) is 2.57. The summed E-state index contributed by atoms with van der Waals surface area (Å²) in [5, 5.41) is 12.6. The molecular weight excluding hydrogens is 314 g/mol. The molecule has 108 valence electrons. The molecular formula is C13H10ClN3O3S. The van der Waals surface area contributed by atoms with Gasteiger partial charge in [-0.1, -0.05) is 11.6 Å². The highest BCUT2D eigenvalue weighted by Crippen LogP contribution is 2.30. The maximum Gasteiger partial charge on any atom is 0.372 e. The summed E-state index contributed by atoms with van der Waals surface area (Å²) < 4.78 is 13.6. The number of hydrogen-bond acceptors (Lipinski definition) is 6. The summed E-state index contributed by atoms with van der Waals surface area (Å²) in [6.07, 6.45) is 0. The number of fused-ring (bicyclic) bond motifs is 1. The summed E-state index contributed by atoms with van der Waals surface area (Å²) in [7, 11) is 0. The number of anilines is 1. The maximum atomic E-state index is 11.0. The predicted molar refractivity (Wildman–Crippen MR) is 80.2 cm³/mol. The zero-order valence-electron chi connectivity index (χ0n) is 10.9. The van der Waals surface area contributed by atoms with E-state index < -0.39 is 5.97 Å². The monoisotopic (exact) mass is 323 g/mol. The van der Waals surface area contributed by atoms with Crippen molar-refractivity contribution in [2.45, 2.75) is 13.5 Å². The quantitative estimate of drug-likeness (QED) is 0.763. The van der Waals surface area contributed by atoms with E-state index in [0.717, 1.165) is 17.2 Å². The van der Waals surface area contributed by atoms with E-state index in [1.54, 1.807) is 25.1 Å². The highest BCUT2D eigenvalue weighted by atomic mass is 35.5. The number of nitrogens with zero attached hydrogens (tertiary/aromatic N) is 2. The molecule has 0 aliphatic carbocycles. The molecule has 6 nitrogen and oxygen atoms in total. The van der Waals surface area contributed by atoms with Gasteiger partial charge >= 0.3 is 5.97 Å². The minimum absolute atomic E-state index is 0.0496. The van der Waals surface area contributed by atoms with E-state index >= 15 is 0 Å². The Morgan fingerprint density at radius 3 is 3.00 bits per heavy atom. The van der Waals surface area contributed by atoms with Crippen molar-refractivity contribution < 1.29 is 14.3 Å². The van der Waals surface area contributed by atoms with Gasteiger partial charge in [0.05, 0.1) is 29.0 Å². The summed E-state index contributed by atoms with van der Waals surface area (Å²) in [5.74, 6) is -0.616. The Morgan fingerprint density at radius 2 is 2.29 bits per heavy atom. The van der Waals surface area contributed by atoms with Crippen molar-refractivity contribution in [1.82, 2.24) is 8.75 Å². The molecule has 3 rings (SSSR count). The third-order valence-corrected chi connectivity index (χ3v) is 3.84. The Labute approximate surface area is 128 Å². The Morgan fingerprint density at radius 1 is 1.48 bits per heavy atom. The second-order valence-electron chi connectivity index (χ2n) is 4.44. The van der Waals surface area contributed by atoms with Crippen LogP contribution in [0.2, 0.25) is 5.02 Å². The minimum atomic E-state index is -1.08. The van der Waals surface area contributed by atoms with Gasteiger partial charge in [0.25, 0.3) is 0 Å².